The van der Waals surface area contributed by atoms with E-state index in [4.69, 9.17) is 9.47 Å². The molecule has 0 saturated carbocycles. The van der Waals surface area contributed by atoms with E-state index in [0.29, 0.717) is 19.6 Å². The van der Waals surface area contributed by atoms with Crippen LogP contribution < -0.4 is 5.32 Å². The first-order valence-electron chi connectivity index (χ1n) is 8.82. The maximum Gasteiger partial charge on any atom is 0.408 e. The number of hydrogen-bond acceptors (Lipinski definition) is 5. The van der Waals surface area contributed by atoms with E-state index in [2.05, 4.69) is 5.32 Å². The lowest BCUT2D eigenvalue weighted by Crippen LogP contribution is -2.50. The van der Waals surface area contributed by atoms with Crippen LogP contribution >= 0.6 is 0 Å². The molecular weight excluding hydrogens is 352 g/mol. The highest BCUT2D eigenvalue weighted by molar-refractivity contribution is 5.85. The summed E-state index contributed by atoms with van der Waals surface area (Å²) in [5.41, 5.74) is 0.214. The number of carboxylic acids is 1. The number of nitrogens with zero attached hydrogens (tertiary/aromatic N) is 1. The summed E-state index contributed by atoms with van der Waals surface area (Å²) < 4.78 is 10.7. The zero-order chi connectivity index (χ0) is 20.0. The van der Waals surface area contributed by atoms with Crippen molar-refractivity contribution in [1.29, 1.82) is 0 Å². The topological polar surface area (TPSA) is 105 Å². The van der Waals surface area contributed by atoms with Crippen LogP contribution in [0.4, 0.5) is 4.79 Å². The lowest BCUT2D eigenvalue weighted by atomic mass is 10.2. The van der Waals surface area contributed by atoms with Crippen molar-refractivity contribution in [2.24, 2.45) is 0 Å². The van der Waals surface area contributed by atoms with Gasteiger partial charge in [-0.25, -0.2) is 9.59 Å². The van der Waals surface area contributed by atoms with Gasteiger partial charge in [0.05, 0.1) is 13.2 Å². The molecule has 148 valence electrons. The Morgan fingerprint density at radius 2 is 1.96 bits per heavy atom. The molecule has 1 aliphatic heterocycles. The minimum Gasteiger partial charge on any atom is -0.480 e. The van der Waals surface area contributed by atoms with Crippen LogP contribution in [0, 0.1) is 0 Å². The highest BCUT2D eigenvalue weighted by atomic mass is 16.6. The number of likely N-dealkylation sites (tertiary alicyclic amines) is 1. The van der Waals surface area contributed by atoms with Crippen molar-refractivity contribution in [3.8, 4) is 0 Å². The Balaban J connectivity index is 1.88. The molecule has 2 amide bonds. The van der Waals surface area contributed by atoms with Gasteiger partial charge in [0.15, 0.2) is 0 Å². The van der Waals surface area contributed by atoms with Crippen LogP contribution in [0.15, 0.2) is 30.3 Å². The van der Waals surface area contributed by atoms with Crippen LogP contribution in [-0.4, -0.2) is 58.8 Å². The van der Waals surface area contributed by atoms with Crippen LogP contribution in [0.25, 0.3) is 0 Å². The van der Waals surface area contributed by atoms with Gasteiger partial charge >= 0.3 is 12.1 Å². The predicted octanol–water partition coefficient (Wildman–Crippen LogP) is 1.78. The maximum atomic E-state index is 12.5. The lowest BCUT2D eigenvalue weighted by Gasteiger charge is -2.24. The summed E-state index contributed by atoms with van der Waals surface area (Å²) in [5.74, 6) is -1.51. The molecule has 2 N–H and O–H groups in total. The van der Waals surface area contributed by atoms with Gasteiger partial charge in [0.25, 0.3) is 5.91 Å². The van der Waals surface area contributed by atoms with E-state index in [0.717, 1.165) is 5.56 Å². The average molecular weight is 378 g/mol. The first-order valence-corrected chi connectivity index (χ1v) is 8.82. The number of rotatable bonds is 7. The summed E-state index contributed by atoms with van der Waals surface area (Å²) in [6.07, 6.45) is -0.968. The van der Waals surface area contributed by atoms with Gasteiger partial charge in [0, 0.05) is 13.0 Å². The number of nitrogens with one attached hydrogen (secondary N) is 1. The van der Waals surface area contributed by atoms with Crippen molar-refractivity contribution in [3.63, 3.8) is 0 Å². The molecule has 0 spiro atoms. The lowest BCUT2D eigenvalue weighted by molar-refractivity contribution is -0.142. The fourth-order valence-corrected chi connectivity index (χ4v) is 2.67. The molecule has 8 heteroatoms. The van der Waals surface area contributed by atoms with Crippen molar-refractivity contribution < 1.29 is 29.0 Å². The number of carboxylic acid groups (broad SMARTS) is 1. The normalized spacial score (nSPS) is 18.3. The third-order valence-electron chi connectivity index (χ3n) is 3.93. The summed E-state index contributed by atoms with van der Waals surface area (Å²) >= 11 is 0. The van der Waals surface area contributed by atoms with E-state index in [1.807, 2.05) is 30.3 Å². The SMILES string of the molecule is CC(C)(C)OC(=O)NC(CN1CCC(OCc2ccccc2)C1=O)C(=O)O. The van der Waals surface area contributed by atoms with Crippen molar-refractivity contribution in [1.82, 2.24) is 10.2 Å². The molecule has 1 aromatic carbocycles. The van der Waals surface area contributed by atoms with E-state index in [9.17, 15) is 19.5 Å². The van der Waals surface area contributed by atoms with Gasteiger partial charge in [-0.15, -0.1) is 0 Å². The molecule has 8 nitrogen and oxygen atoms in total. The summed E-state index contributed by atoms with van der Waals surface area (Å²) in [7, 11) is 0. The molecule has 0 aliphatic carbocycles. The molecule has 1 saturated heterocycles. The molecule has 0 bridgehead atoms. The van der Waals surface area contributed by atoms with Crippen LogP contribution in [0.1, 0.15) is 32.8 Å². The van der Waals surface area contributed by atoms with E-state index in [-0.39, 0.29) is 12.5 Å². The molecule has 2 atom stereocenters. The monoisotopic (exact) mass is 378 g/mol. The predicted molar refractivity (Wildman–Crippen MR) is 97.0 cm³/mol. The standard InChI is InChI=1S/C19H26N2O6/c1-19(2,3)27-18(25)20-14(17(23)24)11-21-10-9-15(16(21)22)26-12-13-7-5-4-6-8-13/h4-8,14-15H,9-12H2,1-3H3,(H,20,25)(H,23,24). The van der Waals surface area contributed by atoms with Crippen molar-refractivity contribution >= 4 is 18.0 Å². The highest BCUT2D eigenvalue weighted by Gasteiger charge is 2.36. The third kappa shape index (κ3) is 6.56. The van der Waals surface area contributed by atoms with Gasteiger partial charge in [0.1, 0.15) is 17.7 Å². The van der Waals surface area contributed by atoms with E-state index in [1.54, 1.807) is 20.8 Å². The number of benzene rings is 1. The van der Waals surface area contributed by atoms with E-state index >= 15 is 0 Å². The Morgan fingerprint density at radius 1 is 1.30 bits per heavy atom. The Bertz CT molecular complexity index is 671. The minimum absolute atomic E-state index is 0.140. The van der Waals surface area contributed by atoms with Gasteiger partial charge in [-0.3, -0.25) is 4.79 Å². The number of carbonyl (C=O) groups is 3. The zero-order valence-corrected chi connectivity index (χ0v) is 15.8. The number of carbonyl (C=O) groups excluding carboxylic acids is 2. The second-order valence-electron chi connectivity index (χ2n) is 7.40. The molecule has 27 heavy (non-hydrogen) atoms. The number of alkyl carbamates (subject to hydrolysis) is 1. The van der Waals surface area contributed by atoms with Gasteiger partial charge in [-0.05, 0) is 26.3 Å². The number of ether oxygens (including phenoxy) is 2. The molecule has 1 aliphatic rings. The summed E-state index contributed by atoms with van der Waals surface area (Å²) in [6.45, 7) is 5.59. The van der Waals surface area contributed by atoms with Crippen LogP contribution in [0.5, 0.6) is 0 Å². The Hall–Kier alpha value is -2.61. The van der Waals surface area contributed by atoms with Gasteiger partial charge in [-0.2, -0.15) is 0 Å². The molecule has 0 aromatic heterocycles. The molecule has 2 rings (SSSR count). The van der Waals surface area contributed by atoms with Crippen molar-refractivity contribution in [2.75, 3.05) is 13.1 Å². The van der Waals surface area contributed by atoms with Gasteiger partial charge < -0.3 is 24.8 Å². The van der Waals surface area contributed by atoms with E-state index < -0.39 is 29.8 Å². The molecule has 2 unspecified atom stereocenters. The first-order chi connectivity index (χ1) is 12.7. The summed E-state index contributed by atoms with van der Waals surface area (Å²) in [4.78, 5) is 37.1. The summed E-state index contributed by atoms with van der Waals surface area (Å²) in [6, 6.07) is 8.24. The second-order valence-corrected chi connectivity index (χ2v) is 7.40. The second kappa shape index (κ2) is 8.85. The number of amides is 2. The highest BCUT2D eigenvalue weighted by Crippen LogP contribution is 2.17. The average Bonchev–Trinajstić information content (AvgIpc) is 2.91. The smallest absolute Gasteiger partial charge is 0.408 e. The largest absolute Gasteiger partial charge is 0.480 e. The molecular formula is C19H26N2O6. The Kier molecular flexibility index (Phi) is 6.79. The Labute approximate surface area is 158 Å². The molecule has 1 fully saturated rings. The fourth-order valence-electron chi connectivity index (χ4n) is 2.67. The first kappa shape index (κ1) is 20.7. The zero-order valence-electron chi connectivity index (χ0n) is 15.8. The van der Waals surface area contributed by atoms with Crippen LogP contribution in [0.3, 0.4) is 0 Å². The van der Waals surface area contributed by atoms with Gasteiger partial charge in [-0.1, -0.05) is 30.3 Å². The van der Waals surface area contributed by atoms with Crippen molar-refractivity contribution in [2.45, 2.75) is 51.5 Å². The third-order valence-corrected chi connectivity index (χ3v) is 3.93. The molecule has 1 aromatic rings. The van der Waals surface area contributed by atoms with Crippen LogP contribution in [0.2, 0.25) is 0 Å². The number of aliphatic carboxylic acids is 1. The summed E-state index contributed by atoms with van der Waals surface area (Å²) in [5, 5.41) is 11.6. The maximum absolute atomic E-state index is 12.5. The number of hydrogen-bond donors (Lipinski definition) is 2. The molecule has 1 heterocycles. The van der Waals surface area contributed by atoms with E-state index in [1.165, 1.54) is 4.90 Å². The fraction of sp³-hybridized carbons (Fsp3) is 0.526. The quantitative estimate of drug-likeness (QED) is 0.749. The molecule has 0 radical (unpaired) electrons. The van der Waals surface area contributed by atoms with Gasteiger partial charge in [0.2, 0.25) is 0 Å². The minimum atomic E-state index is -1.25. The van der Waals surface area contributed by atoms with Crippen molar-refractivity contribution in [3.05, 3.63) is 35.9 Å². The van der Waals surface area contributed by atoms with Crippen LogP contribution in [-0.2, 0) is 25.7 Å². The Morgan fingerprint density at radius 3 is 2.56 bits per heavy atom.